The summed E-state index contributed by atoms with van der Waals surface area (Å²) in [5.41, 5.74) is 2.60. The SMILES string of the molecule is COC(=O)CC[C@@H]1CN(CCCc2ccccc2)CC[C@@H]1N1CCN(c2ccccc2OC)CC1. The minimum atomic E-state index is -0.0917. The Hall–Kier alpha value is -2.57. The van der Waals surface area contributed by atoms with Crippen LogP contribution in [0.4, 0.5) is 5.69 Å². The number of para-hydroxylation sites is 2. The van der Waals surface area contributed by atoms with Gasteiger partial charge in [-0.3, -0.25) is 9.69 Å². The number of nitrogens with zero attached hydrogens (tertiary/aromatic N) is 3. The van der Waals surface area contributed by atoms with Gasteiger partial charge in [-0.05, 0) is 62.4 Å². The number of likely N-dealkylation sites (tertiary alicyclic amines) is 1. The molecule has 0 unspecified atom stereocenters. The molecule has 2 fully saturated rings. The highest BCUT2D eigenvalue weighted by Crippen LogP contribution is 2.31. The number of piperazine rings is 1. The molecule has 0 aromatic heterocycles. The monoisotopic (exact) mass is 479 g/mol. The minimum absolute atomic E-state index is 0.0917. The van der Waals surface area contributed by atoms with Crippen LogP contribution in [0, 0.1) is 5.92 Å². The van der Waals surface area contributed by atoms with Crippen molar-refractivity contribution in [3.63, 3.8) is 0 Å². The molecule has 4 rings (SSSR count). The van der Waals surface area contributed by atoms with Gasteiger partial charge in [-0.1, -0.05) is 42.5 Å². The maximum absolute atomic E-state index is 11.9. The van der Waals surface area contributed by atoms with E-state index in [-0.39, 0.29) is 5.97 Å². The molecule has 6 heteroatoms. The van der Waals surface area contributed by atoms with Gasteiger partial charge < -0.3 is 19.3 Å². The van der Waals surface area contributed by atoms with Crippen molar-refractivity contribution in [2.24, 2.45) is 5.92 Å². The van der Waals surface area contributed by atoms with Gasteiger partial charge in [0.15, 0.2) is 0 Å². The van der Waals surface area contributed by atoms with Crippen LogP contribution in [0.5, 0.6) is 5.75 Å². The largest absolute Gasteiger partial charge is 0.495 e. The fourth-order valence-electron chi connectivity index (χ4n) is 5.80. The van der Waals surface area contributed by atoms with E-state index in [1.807, 2.05) is 12.1 Å². The number of carbonyl (C=O) groups excluding carboxylic acids is 1. The Kier molecular flexibility index (Phi) is 9.43. The molecular weight excluding hydrogens is 438 g/mol. The predicted molar refractivity (Wildman–Crippen MR) is 141 cm³/mol. The molecule has 35 heavy (non-hydrogen) atoms. The lowest BCUT2D eigenvalue weighted by molar-refractivity contribution is -0.141. The summed E-state index contributed by atoms with van der Waals surface area (Å²) in [5.74, 6) is 1.35. The third-order valence-electron chi connectivity index (χ3n) is 7.72. The minimum Gasteiger partial charge on any atom is -0.495 e. The summed E-state index contributed by atoms with van der Waals surface area (Å²) in [4.78, 5) is 19.7. The number of carbonyl (C=O) groups is 1. The van der Waals surface area contributed by atoms with E-state index in [9.17, 15) is 4.79 Å². The molecule has 0 N–H and O–H groups in total. The Morgan fingerprint density at radius 1 is 0.943 bits per heavy atom. The van der Waals surface area contributed by atoms with E-state index in [4.69, 9.17) is 9.47 Å². The molecule has 2 aromatic carbocycles. The van der Waals surface area contributed by atoms with Crippen molar-refractivity contribution >= 4 is 11.7 Å². The number of ether oxygens (including phenoxy) is 2. The van der Waals surface area contributed by atoms with Crippen LogP contribution < -0.4 is 9.64 Å². The first-order valence-corrected chi connectivity index (χ1v) is 13.1. The van der Waals surface area contributed by atoms with Crippen molar-refractivity contribution in [1.29, 1.82) is 0 Å². The molecular formula is C29H41N3O3. The first-order chi connectivity index (χ1) is 17.2. The standard InChI is InChI=1S/C29H41N3O3/c1-34-28-13-7-6-12-27(28)32-21-19-31(20-22-32)26-16-18-30(23-25(26)14-15-29(33)35-2)17-8-11-24-9-4-3-5-10-24/h3-7,9-10,12-13,25-26H,8,11,14-23H2,1-2H3/t25-,26+/m1/s1. The lowest BCUT2D eigenvalue weighted by Gasteiger charge is -2.47. The molecule has 6 nitrogen and oxygen atoms in total. The summed E-state index contributed by atoms with van der Waals surface area (Å²) < 4.78 is 10.6. The Bertz CT molecular complexity index is 914. The van der Waals surface area contributed by atoms with E-state index in [0.29, 0.717) is 18.4 Å². The van der Waals surface area contributed by atoms with Crippen LogP contribution in [0.2, 0.25) is 0 Å². The van der Waals surface area contributed by atoms with Gasteiger partial charge in [-0.15, -0.1) is 0 Å². The molecule has 190 valence electrons. The number of benzene rings is 2. The molecule has 0 saturated carbocycles. The molecule has 0 amide bonds. The van der Waals surface area contributed by atoms with E-state index >= 15 is 0 Å². The molecule has 0 spiro atoms. The second-order valence-electron chi connectivity index (χ2n) is 9.82. The van der Waals surface area contributed by atoms with Gasteiger partial charge in [0.25, 0.3) is 0 Å². The average molecular weight is 480 g/mol. The topological polar surface area (TPSA) is 45.2 Å². The summed E-state index contributed by atoms with van der Waals surface area (Å²) in [5, 5.41) is 0. The highest BCUT2D eigenvalue weighted by molar-refractivity contribution is 5.69. The number of rotatable bonds is 10. The van der Waals surface area contributed by atoms with E-state index in [1.165, 1.54) is 31.2 Å². The van der Waals surface area contributed by atoms with E-state index in [0.717, 1.165) is 64.4 Å². The number of methoxy groups -OCH3 is 2. The van der Waals surface area contributed by atoms with Crippen molar-refractivity contribution < 1.29 is 14.3 Å². The zero-order chi connectivity index (χ0) is 24.5. The molecule has 2 atom stereocenters. The summed E-state index contributed by atoms with van der Waals surface area (Å²) in [6.45, 7) is 7.43. The van der Waals surface area contributed by atoms with Crippen LogP contribution in [0.1, 0.15) is 31.2 Å². The Morgan fingerprint density at radius 3 is 2.43 bits per heavy atom. The number of hydrogen-bond donors (Lipinski definition) is 0. The van der Waals surface area contributed by atoms with Gasteiger partial charge in [0.2, 0.25) is 0 Å². The fourth-order valence-corrected chi connectivity index (χ4v) is 5.80. The highest BCUT2D eigenvalue weighted by Gasteiger charge is 2.35. The molecule has 0 radical (unpaired) electrons. The molecule has 0 bridgehead atoms. The Morgan fingerprint density at radius 2 is 1.69 bits per heavy atom. The lowest BCUT2D eigenvalue weighted by atomic mass is 9.86. The zero-order valence-electron chi connectivity index (χ0n) is 21.4. The van der Waals surface area contributed by atoms with E-state index < -0.39 is 0 Å². The van der Waals surface area contributed by atoms with Gasteiger partial charge in [-0.25, -0.2) is 0 Å². The first-order valence-electron chi connectivity index (χ1n) is 13.1. The summed E-state index contributed by atoms with van der Waals surface area (Å²) in [7, 11) is 3.24. The highest BCUT2D eigenvalue weighted by atomic mass is 16.5. The van der Waals surface area contributed by atoms with E-state index in [2.05, 4.69) is 57.2 Å². The predicted octanol–water partition coefficient (Wildman–Crippen LogP) is 4.09. The van der Waals surface area contributed by atoms with Crippen LogP contribution in [0.3, 0.4) is 0 Å². The zero-order valence-corrected chi connectivity index (χ0v) is 21.4. The molecule has 2 aliphatic heterocycles. The Labute approximate surface area is 210 Å². The van der Waals surface area contributed by atoms with Crippen molar-refractivity contribution in [1.82, 2.24) is 9.80 Å². The third-order valence-corrected chi connectivity index (χ3v) is 7.72. The second kappa shape index (κ2) is 12.9. The Balaban J connectivity index is 1.33. The van der Waals surface area contributed by atoms with Crippen molar-refractivity contribution in [2.75, 3.05) is 64.9 Å². The van der Waals surface area contributed by atoms with Gasteiger partial charge in [-0.2, -0.15) is 0 Å². The molecule has 2 heterocycles. The lowest BCUT2D eigenvalue weighted by Crippen LogP contribution is -2.57. The van der Waals surface area contributed by atoms with Gasteiger partial charge in [0, 0.05) is 45.2 Å². The van der Waals surface area contributed by atoms with Crippen LogP contribution >= 0.6 is 0 Å². The quantitative estimate of drug-likeness (QED) is 0.478. The van der Waals surface area contributed by atoms with Gasteiger partial charge >= 0.3 is 5.97 Å². The number of aryl methyl sites for hydroxylation is 1. The average Bonchev–Trinajstić information content (AvgIpc) is 2.92. The number of anilines is 1. The summed E-state index contributed by atoms with van der Waals surface area (Å²) in [6, 6.07) is 19.6. The maximum atomic E-state index is 11.9. The van der Waals surface area contributed by atoms with Crippen LogP contribution in [0.15, 0.2) is 54.6 Å². The summed E-state index contributed by atoms with van der Waals surface area (Å²) >= 11 is 0. The second-order valence-corrected chi connectivity index (χ2v) is 9.82. The smallest absolute Gasteiger partial charge is 0.305 e. The third kappa shape index (κ3) is 6.98. The maximum Gasteiger partial charge on any atom is 0.305 e. The normalized spacial score (nSPS) is 21.6. The van der Waals surface area contributed by atoms with E-state index in [1.54, 1.807) is 7.11 Å². The van der Waals surface area contributed by atoms with Crippen molar-refractivity contribution in [3.8, 4) is 5.75 Å². The molecule has 2 aliphatic rings. The van der Waals surface area contributed by atoms with Crippen molar-refractivity contribution in [2.45, 2.75) is 38.1 Å². The fraction of sp³-hybridized carbons (Fsp3) is 0.552. The number of hydrogen-bond acceptors (Lipinski definition) is 6. The first kappa shape index (κ1) is 25.5. The molecule has 2 aromatic rings. The van der Waals surface area contributed by atoms with Crippen LogP contribution in [-0.4, -0.2) is 81.8 Å². The van der Waals surface area contributed by atoms with Gasteiger partial charge in [0.1, 0.15) is 5.75 Å². The number of piperidine rings is 1. The van der Waals surface area contributed by atoms with Gasteiger partial charge in [0.05, 0.1) is 19.9 Å². The van der Waals surface area contributed by atoms with Crippen molar-refractivity contribution in [3.05, 3.63) is 60.2 Å². The number of esters is 1. The van der Waals surface area contributed by atoms with Crippen LogP contribution in [-0.2, 0) is 16.0 Å². The molecule has 2 saturated heterocycles. The summed E-state index contributed by atoms with van der Waals surface area (Å²) in [6.07, 6.45) is 4.89. The molecule has 0 aliphatic carbocycles. The van der Waals surface area contributed by atoms with Crippen LogP contribution in [0.25, 0.3) is 0 Å².